The number of hydrogen-bond donors (Lipinski definition) is 1. The minimum Gasteiger partial charge on any atom is -0.306 e. The normalized spacial score (nSPS) is 20.8. The van der Waals surface area contributed by atoms with Crippen LogP contribution in [0.2, 0.25) is 0 Å². The molecule has 1 heteroatoms. The van der Waals surface area contributed by atoms with Crippen molar-refractivity contribution in [3.05, 3.63) is 12.7 Å². The average Bonchev–Trinajstić information content (AvgIpc) is 2.06. The monoisotopic (exact) mass is 167 g/mol. The fourth-order valence-electron chi connectivity index (χ4n) is 1.83. The predicted molar refractivity (Wildman–Crippen MR) is 54.3 cm³/mol. The third kappa shape index (κ3) is 2.98. The lowest BCUT2D eigenvalue weighted by atomic mass is 9.93. The molecule has 0 atom stereocenters. The Morgan fingerprint density at radius 2 is 1.83 bits per heavy atom. The zero-order valence-electron chi connectivity index (χ0n) is 8.40. The lowest BCUT2D eigenvalue weighted by Crippen LogP contribution is -2.45. The second-order valence-electron chi connectivity index (χ2n) is 4.41. The SMILES string of the molecule is C=CC(C)(C)NC1CCCCC1. The molecule has 0 aromatic carbocycles. The van der Waals surface area contributed by atoms with Gasteiger partial charge in [-0.2, -0.15) is 0 Å². The smallest absolute Gasteiger partial charge is 0.0307 e. The van der Waals surface area contributed by atoms with E-state index in [0.717, 1.165) is 6.04 Å². The second-order valence-corrected chi connectivity index (χ2v) is 4.41. The Hall–Kier alpha value is -0.300. The minimum absolute atomic E-state index is 0.113. The maximum atomic E-state index is 3.84. The van der Waals surface area contributed by atoms with Crippen LogP contribution in [0.4, 0.5) is 0 Å². The van der Waals surface area contributed by atoms with Crippen molar-refractivity contribution in [3.8, 4) is 0 Å². The molecule has 0 aromatic rings. The summed E-state index contributed by atoms with van der Waals surface area (Å²) in [6, 6.07) is 0.728. The van der Waals surface area contributed by atoms with E-state index < -0.39 is 0 Å². The van der Waals surface area contributed by atoms with E-state index in [1.54, 1.807) is 0 Å². The van der Waals surface area contributed by atoms with E-state index in [1.165, 1.54) is 32.1 Å². The molecule has 1 aliphatic carbocycles. The summed E-state index contributed by atoms with van der Waals surface area (Å²) in [4.78, 5) is 0. The van der Waals surface area contributed by atoms with Crippen molar-refractivity contribution < 1.29 is 0 Å². The molecule has 1 nitrogen and oxygen atoms in total. The third-order valence-corrected chi connectivity index (χ3v) is 2.69. The molecule has 1 fully saturated rings. The molecule has 0 bridgehead atoms. The highest BCUT2D eigenvalue weighted by molar-refractivity contribution is 4.97. The van der Waals surface area contributed by atoms with Crippen LogP contribution in [0.5, 0.6) is 0 Å². The summed E-state index contributed by atoms with van der Waals surface area (Å²) in [6.07, 6.45) is 8.90. The molecule has 1 N–H and O–H groups in total. The van der Waals surface area contributed by atoms with Gasteiger partial charge in [-0.25, -0.2) is 0 Å². The minimum atomic E-state index is 0.113. The van der Waals surface area contributed by atoms with E-state index in [0.29, 0.717) is 0 Å². The van der Waals surface area contributed by atoms with Crippen LogP contribution in [-0.2, 0) is 0 Å². The first kappa shape index (κ1) is 9.79. The van der Waals surface area contributed by atoms with E-state index >= 15 is 0 Å². The first-order valence-corrected chi connectivity index (χ1v) is 5.05. The van der Waals surface area contributed by atoms with Crippen LogP contribution in [0.3, 0.4) is 0 Å². The molecule has 1 aliphatic rings. The summed E-state index contributed by atoms with van der Waals surface area (Å²) < 4.78 is 0. The molecule has 0 aliphatic heterocycles. The van der Waals surface area contributed by atoms with Crippen molar-refractivity contribution in [1.29, 1.82) is 0 Å². The third-order valence-electron chi connectivity index (χ3n) is 2.69. The van der Waals surface area contributed by atoms with Gasteiger partial charge in [0.2, 0.25) is 0 Å². The molecule has 12 heavy (non-hydrogen) atoms. The van der Waals surface area contributed by atoms with E-state index in [9.17, 15) is 0 Å². The van der Waals surface area contributed by atoms with Gasteiger partial charge >= 0.3 is 0 Å². The van der Waals surface area contributed by atoms with Crippen LogP contribution in [-0.4, -0.2) is 11.6 Å². The second kappa shape index (κ2) is 4.08. The molecule has 0 heterocycles. The molecule has 0 radical (unpaired) electrons. The van der Waals surface area contributed by atoms with Crippen LogP contribution in [0, 0.1) is 0 Å². The Labute approximate surface area is 76.2 Å². The van der Waals surface area contributed by atoms with Crippen LogP contribution < -0.4 is 5.32 Å². The predicted octanol–water partition coefficient (Wildman–Crippen LogP) is 2.87. The standard InChI is InChI=1S/C11H21N/c1-4-11(2,3)12-10-8-6-5-7-9-10/h4,10,12H,1,5-9H2,2-3H3. The van der Waals surface area contributed by atoms with E-state index in [-0.39, 0.29) is 5.54 Å². The largest absolute Gasteiger partial charge is 0.306 e. The van der Waals surface area contributed by atoms with Gasteiger partial charge in [0.15, 0.2) is 0 Å². The summed E-state index contributed by atoms with van der Waals surface area (Å²) in [6.45, 7) is 8.21. The van der Waals surface area contributed by atoms with Gasteiger partial charge in [-0.3, -0.25) is 0 Å². The summed E-state index contributed by atoms with van der Waals surface area (Å²) in [5.74, 6) is 0. The molecule has 1 rings (SSSR count). The van der Waals surface area contributed by atoms with Gasteiger partial charge in [-0.1, -0.05) is 25.3 Å². The Morgan fingerprint density at radius 3 is 2.33 bits per heavy atom. The Balaban J connectivity index is 2.33. The molecule has 0 aromatic heterocycles. The summed E-state index contributed by atoms with van der Waals surface area (Å²) >= 11 is 0. The topological polar surface area (TPSA) is 12.0 Å². The Kier molecular flexibility index (Phi) is 3.33. The maximum Gasteiger partial charge on any atom is 0.0307 e. The molecule has 70 valence electrons. The van der Waals surface area contributed by atoms with E-state index in [4.69, 9.17) is 0 Å². The van der Waals surface area contributed by atoms with Crippen LogP contribution in [0.15, 0.2) is 12.7 Å². The van der Waals surface area contributed by atoms with Crippen molar-refractivity contribution in [2.75, 3.05) is 0 Å². The first-order chi connectivity index (χ1) is 5.64. The lowest BCUT2D eigenvalue weighted by Gasteiger charge is -2.31. The number of hydrogen-bond acceptors (Lipinski definition) is 1. The molecular formula is C11H21N. The molecule has 0 spiro atoms. The number of rotatable bonds is 3. The van der Waals surface area contributed by atoms with Crippen LogP contribution in [0.25, 0.3) is 0 Å². The van der Waals surface area contributed by atoms with Gasteiger partial charge in [0, 0.05) is 11.6 Å². The maximum absolute atomic E-state index is 3.84. The molecule has 0 unspecified atom stereocenters. The van der Waals surface area contributed by atoms with Crippen LogP contribution >= 0.6 is 0 Å². The van der Waals surface area contributed by atoms with Crippen molar-refractivity contribution in [1.82, 2.24) is 5.32 Å². The fourth-order valence-corrected chi connectivity index (χ4v) is 1.83. The Bertz CT molecular complexity index is 143. The van der Waals surface area contributed by atoms with Crippen LogP contribution in [0.1, 0.15) is 46.0 Å². The van der Waals surface area contributed by atoms with Crippen molar-refractivity contribution in [3.63, 3.8) is 0 Å². The first-order valence-electron chi connectivity index (χ1n) is 5.05. The quantitative estimate of drug-likeness (QED) is 0.637. The van der Waals surface area contributed by atoms with E-state index in [1.807, 2.05) is 6.08 Å². The van der Waals surface area contributed by atoms with Crippen molar-refractivity contribution >= 4 is 0 Å². The highest BCUT2D eigenvalue weighted by Gasteiger charge is 2.20. The van der Waals surface area contributed by atoms with Gasteiger partial charge in [0.05, 0.1) is 0 Å². The average molecular weight is 167 g/mol. The van der Waals surface area contributed by atoms with Gasteiger partial charge < -0.3 is 5.32 Å². The van der Waals surface area contributed by atoms with Gasteiger partial charge in [-0.05, 0) is 26.7 Å². The molecule has 1 saturated carbocycles. The summed E-state index contributed by atoms with van der Waals surface area (Å²) in [5.41, 5.74) is 0.113. The highest BCUT2D eigenvalue weighted by Crippen LogP contribution is 2.19. The molecular weight excluding hydrogens is 146 g/mol. The Morgan fingerprint density at radius 1 is 1.25 bits per heavy atom. The van der Waals surface area contributed by atoms with Crippen molar-refractivity contribution in [2.45, 2.75) is 57.5 Å². The van der Waals surface area contributed by atoms with Gasteiger partial charge in [0.25, 0.3) is 0 Å². The van der Waals surface area contributed by atoms with E-state index in [2.05, 4.69) is 25.7 Å². The van der Waals surface area contributed by atoms with Gasteiger partial charge in [-0.15, -0.1) is 6.58 Å². The number of nitrogens with one attached hydrogen (secondary N) is 1. The molecule has 0 saturated heterocycles. The lowest BCUT2D eigenvalue weighted by molar-refractivity contribution is 0.316. The highest BCUT2D eigenvalue weighted by atomic mass is 15.0. The fraction of sp³-hybridized carbons (Fsp3) is 0.818. The molecule has 0 amide bonds. The zero-order chi connectivity index (χ0) is 9.03. The van der Waals surface area contributed by atoms with Gasteiger partial charge in [0.1, 0.15) is 0 Å². The zero-order valence-corrected chi connectivity index (χ0v) is 8.40. The summed E-state index contributed by atoms with van der Waals surface area (Å²) in [7, 11) is 0. The summed E-state index contributed by atoms with van der Waals surface area (Å²) in [5, 5.41) is 3.63. The van der Waals surface area contributed by atoms with Crippen molar-refractivity contribution in [2.24, 2.45) is 0 Å².